The molecule has 1 aromatic carbocycles. The number of hydrogen-bond donors (Lipinski definition) is 0. The maximum absolute atomic E-state index is 13.6. The Morgan fingerprint density at radius 3 is 2.27 bits per heavy atom. The van der Waals surface area contributed by atoms with Crippen LogP contribution in [0.5, 0.6) is 0 Å². The molecule has 4 aliphatic heterocycles. The summed E-state index contributed by atoms with van der Waals surface area (Å²) in [6.45, 7) is 9.43. The van der Waals surface area contributed by atoms with Crippen LogP contribution in [0, 0.1) is 17.3 Å². The maximum Gasteiger partial charge on any atom is 0.320 e. The van der Waals surface area contributed by atoms with E-state index in [-0.39, 0.29) is 22.9 Å². The molecule has 5 aliphatic rings. The third-order valence-electron chi connectivity index (χ3n) is 10.8. The van der Waals surface area contributed by atoms with Gasteiger partial charge in [-0.3, -0.25) is 9.69 Å². The van der Waals surface area contributed by atoms with E-state index in [0.717, 1.165) is 64.6 Å². The van der Waals surface area contributed by atoms with Crippen LogP contribution in [0.15, 0.2) is 30.3 Å². The Labute approximate surface area is 238 Å². The molecule has 1 spiro atoms. The van der Waals surface area contributed by atoms with E-state index >= 15 is 0 Å². The van der Waals surface area contributed by atoms with Crippen molar-refractivity contribution in [2.45, 2.75) is 95.7 Å². The fraction of sp³-hybridized carbons (Fsp3) is 0.750. The summed E-state index contributed by atoms with van der Waals surface area (Å²) in [4.78, 5) is 35.1. The topological polar surface area (TPSA) is 47.1 Å². The highest BCUT2D eigenvalue weighted by molar-refractivity contribution is 5.83. The molecule has 1 saturated carbocycles. The van der Waals surface area contributed by atoms with Crippen molar-refractivity contribution in [3.05, 3.63) is 35.9 Å². The molecule has 3 amide bonds. The largest absolute Gasteiger partial charge is 0.341 e. The van der Waals surface area contributed by atoms with Gasteiger partial charge in [-0.25, -0.2) is 13.6 Å². The molecule has 1 aromatic rings. The zero-order chi connectivity index (χ0) is 28.2. The molecule has 2 unspecified atom stereocenters. The normalized spacial score (nSPS) is 33.6. The molecule has 0 radical (unpaired) electrons. The van der Waals surface area contributed by atoms with Gasteiger partial charge in [0, 0.05) is 56.1 Å². The van der Waals surface area contributed by atoms with Gasteiger partial charge in [-0.2, -0.15) is 0 Å². The first-order valence-electron chi connectivity index (χ1n) is 15.5. The van der Waals surface area contributed by atoms with Gasteiger partial charge >= 0.3 is 6.03 Å². The van der Waals surface area contributed by atoms with E-state index in [9.17, 15) is 18.4 Å². The molecule has 6 rings (SSSR count). The van der Waals surface area contributed by atoms with E-state index in [4.69, 9.17) is 0 Å². The van der Waals surface area contributed by atoms with Crippen molar-refractivity contribution in [3.63, 3.8) is 0 Å². The molecule has 40 heavy (non-hydrogen) atoms. The average Bonchev–Trinajstić information content (AvgIpc) is 3.50. The number of fused-ring (bicyclic) bond motifs is 2. The minimum Gasteiger partial charge on any atom is -0.341 e. The van der Waals surface area contributed by atoms with E-state index in [0.29, 0.717) is 42.9 Å². The third-order valence-corrected chi connectivity index (χ3v) is 10.8. The molecule has 2 bridgehead atoms. The SMILES string of the molecule is CC(C)CN1C(=O)N(CC(F)F)CC12CC1CCC(C2)N1C[C@H]1CN(C(=O)C2(C)CCC2)C[C@@H]1c1ccccc1. The van der Waals surface area contributed by atoms with Gasteiger partial charge in [0.1, 0.15) is 0 Å². The molecule has 4 atom stereocenters. The second-order valence-corrected chi connectivity index (χ2v) is 14.2. The molecule has 5 fully saturated rings. The summed E-state index contributed by atoms with van der Waals surface area (Å²) in [7, 11) is 0. The Kier molecular flexibility index (Phi) is 7.37. The summed E-state index contributed by atoms with van der Waals surface area (Å²) in [5.41, 5.74) is 0.772. The monoisotopic (exact) mass is 556 g/mol. The van der Waals surface area contributed by atoms with E-state index < -0.39 is 13.0 Å². The predicted molar refractivity (Wildman–Crippen MR) is 151 cm³/mol. The number of rotatable bonds is 8. The zero-order valence-corrected chi connectivity index (χ0v) is 24.4. The first kappa shape index (κ1) is 27.9. The van der Waals surface area contributed by atoms with Crippen molar-refractivity contribution in [2.24, 2.45) is 17.3 Å². The van der Waals surface area contributed by atoms with Crippen LogP contribution in [0.4, 0.5) is 13.6 Å². The van der Waals surface area contributed by atoms with E-state index in [1.165, 1.54) is 10.5 Å². The Balaban J connectivity index is 1.21. The molecular formula is C32H46F2N4O2. The molecule has 6 nitrogen and oxygen atoms in total. The summed E-state index contributed by atoms with van der Waals surface area (Å²) >= 11 is 0. The van der Waals surface area contributed by atoms with Crippen LogP contribution in [0.3, 0.4) is 0 Å². The molecule has 4 heterocycles. The lowest BCUT2D eigenvalue weighted by Crippen LogP contribution is -2.59. The first-order chi connectivity index (χ1) is 19.1. The number of urea groups is 1. The number of likely N-dealkylation sites (tertiary alicyclic amines) is 1. The Morgan fingerprint density at radius 2 is 1.70 bits per heavy atom. The van der Waals surface area contributed by atoms with Gasteiger partial charge in [-0.1, -0.05) is 57.5 Å². The Bertz CT molecular complexity index is 1080. The lowest BCUT2D eigenvalue weighted by molar-refractivity contribution is -0.145. The fourth-order valence-electron chi connectivity index (χ4n) is 8.76. The lowest BCUT2D eigenvalue weighted by atomic mass is 9.69. The number of benzene rings is 1. The van der Waals surface area contributed by atoms with E-state index in [1.807, 2.05) is 4.90 Å². The number of nitrogens with zero attached hydrogens (tertiary/aromatic N) is 4. The number of amides is 3. The van der Waals surface area contributed by atoms with Gasteiger partial charge in [0.25, 0.3) is 6.43 Å². The first-order valence-corrected chi connectivity index (χ1v) is 15.5. The van der Waals surface area contributed by atoms with Crippen molar-refractivity contribution in [1.29, 1.82) is 0 Å². The zero-order valence-electron chi connectivity index (χ0n) is 24.4. The van der Waals surface area contributed by atoms with Crippen molar-refractivity contribution in [2.75, 3.05) is 39.3 Å². The number of hydrogen-bond acceptors (Lipinski definition) is 3. The minimum absolute atomic E-state index is 0.189. The van der Waals surface area contributed by atoms with Gasteiger partial charge in [-0.05, 0) is 55.9 Å². The standard InChI is InChI=1S/C32H46F2N4O2/c1-22(2)16-38-30(40)36(20-28(33)34)21-32(38)14-25-10-11-26(15-32)37(25)18-24-17-35(29(39)31(3)12-7-13-31)19-27(24)23-8-5-4-6-9-23/h4-6,8-9,22,24-28H,7,10-21H2,1-3H3/t24-,25?,26?,27-,32?/m1/s1. The number of alkyl halides is 2. The predicted octanol–water partition coefficient (Wildman–Crippen LogP) is 5.44. The van der Waals surface area contributed by atoms with Crippen LogP contribution >= 0.6 is 0 Å². The lowest BCUT2D eigenvalue weighted by Gasteiger charge is -2.49. The Hall–Kier alpha value is -2.22. The van der Waals surface area contributed by atoms with Gasteiger partial charge < -0.3 is 14.7 Å². The number of carbonyl (C=O) groups excluding carboxylic acids is 2. The van der Waals surface area contributed by atoms with E-state index in [2.05, 4.69) is 60.9 Å². The molecule has 0 aromatic heterocycles. The highest BCUT2D eigenvalue weighted by Gasteiger charge is 2.58. The number of piperidine rings is 1. The fourth-order valence-corrected chi connectivity index (χ4v) is 8.76. The van der Waals surface area contributed by atoms with Gasteiger partial charge in [0.15, 0.2) is 0 Å². The van der Waals surface area contributed by atoms with Crippen LogP contribution in [0.1, 0.15) is 77.2 Å². The van der Waals surface area contributed by atoms with Crippen LogP contribution in [-0.4, -0.2) is 94.9 Å². The second kappa shape index (κ2) is 10.6. The highest BCUT2D eigenvalue weighted by Crippen LogP contribution is 2.49. The van der Waals surface area contributed by atoms with Crippen LogP contribution in [0.25, 0.3) is 0 Å². The smallest absolute Gasteiger partial charge is 0.320 e. The molecule has 220 valence electrons. The molecule has 1 aliphatic carbocycles. The van der Waals surface area contributed by atoms with Crippen LogP contribution in [0.2, 0.25) is 0 Å². The molecule has 8 heteroatoms. The number of carbonyl (C=O) groups is 2. The van der Waals surface area contributed by atoms with Crippen LogP contribution < -0.4 is 0 Å². The second-order valence-electron chi connectivity index (χ2n) is 14.2. The van der Waals surface area contributed by atoms with E-state index in [1.54, 1.807) is 0 Å². The quantitative estimate of drug-likeness (QED) is 0.428. The summed E-state index contributed by atoms with van der Waals surface area (Å²) in [6.07, 6.45) is 4.51. The summed E-state index contributed by atoms with van der Waals surface area (Å²) in [5.74, 6) is 1.29. The van der Waals surface area contributed by atoms with Crippen LogP contribution in [-0.2, 0) is 4.79 Å². The summed E-state index contributed by atoms with van der Waals surface area (Å²) in [6, 6.07) is 11.2. The number of halogens is 2. The maximum atomic E-state index is 13.6. The van der Waals surface area contributed by atoms with Gasteiger partial charge in [0.2, 0.25) is 5.91 Å². The van der Waals surface area contributed by atoms with Gasteiger partial charge in [-0.15, -0.1) is 0 Å². The summed E-state index contributed by atoms with van der Waals surface area (Å²) in [5, 5.41) is 0. The Morgan fingerprint density at radius 1 is 1.02 bits per heavy atom. The van der Waals surface area contributed by atoms with Crippen molar-refractivity contribution in [1.82, 2.24) is 19.6 Å². The molecule has 4 saturated heterocycles. The third kappa shape index (κ3) is 4.92. The minimum atomic E-state index is -2.51. The van der Waals surface area contributed by atoms with Crippen molar-refractivity contribution < 1.29 is 18.4 Å². The average molecular weight is 557 g/mol. The summed E-state index contributed by atoms with van der Waals surface area (Å²) < 4.78 is 26.8. The van der Waals surface area contributed by atoms with Crippen molar-refractivity contribution >= 4 is 11.9 Å². The highest BCUT2D eigenvalue weighted by atomic mass is 19.3. The van der Waals surface area contributed by atoms with Gasteiger partial charge in [0.05, 0.1) is 12.1 Å². The van der Waals surface area contributed by atoms with Crippen molar-refractivity contribution in [3.8, 4) is 0 Å². The molecular weight excluding hydrogens is 510 g/mol. The molecule has 0 N–H and O–H groups in total.